The molecule has 2 heterocycles. The van der Waals surface area contributed by atoms with E-state index in [2.05, 4.69) is 63.9 Å². The minimum absolute atomic E-state index is 0.0897. The van der Waals surface area contributed by atoms with E-state index in [1.54, 1.807) is 0 Å². The summed E-state index contributed by atoms with van der Waals surface area (Å²) in [6.07, 6.45) is 11.5. The Morgan fingerprint density at radius 3 is 2.14 bits per heavy atom. The highest BCUT2D eigenvalue weighted by Gasteiger charge is 2.46. The molecule has 0 amide bonds. The molecule has 0 N–H and O–H groups in total. The van der Waals surface area contributed by atoms with E-state index < -0.39 is 0 Å². The number of nitrogens with zero attached hydrogens (tertiary/aromatic N) is 2. The number of piperidine rings is 1. The van der Waals surface area contributed by atoms with Crippen molar-refractivity contribution in [2.75, 3.05) is 6.61 Å². The van der Waals surface area contributed by atoms with Crippen molar-refractivity contribution in [1.82, 2.24) is 5.06 Å². The Balaban J connectivity index is 1.54. The summed E-state index contributed by atoms with van der Waals surface area (Å²) in [5.41, 5.74) is 4.47. The van der Waals surface area contributed by atoms with Crippen LogP contribution in [-0.4, -0.2) is 34.5 Å². The molecule has 1 saturated heterocycles. The molecular weight excluding hydrogens is 356 g/mol. The van der Waals surface area contributed by atoms with E-state index in [0.717, 1.165) is 6.42 Å². The van der Waals surface area contributed by atoms with Gasteiger partial charge in [-0.25, -0.2) is 0 Å². The van der Waals surface area contributed by atoms with E-state index in [-0.39, 0.29) is 22.5 Å². The van der Waals surface area contributed by atoms with E-state index >= 15 is 0 Å². The highest BCUT2D eigenvalue weighted by atomic mass is 16.7. The molecular formula is C26H40N2O. The topological polar surface area (TPSA) is 24.8 Å². The summed E-state index contributed by atoms with van der Waals surface area (Å²) in [4.78, 5) is 11.9. The van der Waals surface area contributed by atoms with Gasteiger partial charge >= 0.3 is 0 Å². The predicted octanol–water partition coefficient (Wildman–Crippen LogP) is 6.48. The number of rotatable bonds is 4. The van der Waals surface area contributed by atoms with Gasteiger partial charge in [0.15, 0.2) is 0 Å². The van der Waals surface area contributed by atoms with Crippen molar-refractivity contribution in [3.8, 4) is 0 Å². The second-order valence-electron chi connectivity index (χ2n) is 11.1. The number of aryl methyl sites for hydroxylation is 1. The molecule has 0 bridgehead atoms. The molecule has 29 heavy (non-hydrogen) atoms. The minimum atomic E-state index is 0.0897. The van der Waals surface area contributed by atoms with Crippen LogP contribution >= 0.6 is 0 Å². The SMILES string of the molecule is Cc1ccc(C2=NC(CON3C(C)(C)CCCC3(C)C)CC23CCCCC3)cc1. The Kier molecular flexibility index (Phi) is 5.67. The first-order chi connectivity index (χ1) is 13.7. The van der Waals surface area contributed by atoms with Gasteiger partial charge in [0, 0.05) is 22.2 Å². The maximum Gasteiger partial charge on any atom is 0.0909 e. The molecule has 4 rings (SSSR count). The summed E-state index contributed by atoms with van der Waals surface area (Å²) in [5.74, 6) is 0. The lowest BCUT2D eigenvalue weighted by atomic mass is 9.67. The van der Waals surface area contributed by atoms with Crippen LogP contribution in [0.4, 0.5) is 0 Å². The third-order valence-electron chi connectivity index (χ3n) is 7.65. The third-order valence-corrected chi connectivity index (χ3v) is 7.65. The largest absolute Gasteiger partial charge is 0.296 e. The first kappa shape index (κ1) is 21.1. The summed E-state index contributed by atoms with van der Waals surface area (Å²) < 4.78 is 0. The molecule has 1 aromatic rings. The van der Waals surface area contributed by atoms with Gasteiger partial charge in [0.1, 0.15) is 0 Å². The highest BCUT2D eigenvalue weighted by Crippen LogP contribution is 2.48. The molecule has 2 fully saturated rings. The number of aliphatic imine (C=N–C) groups is 1. The second kappa shape index (κ2) is 7.81. The highest BCUT2D eigenvalue weighted by molar-refractivity contribution is 6.06. The molecule has 2 aliphatic heterocycles. The normalized spacial score (nSPS) is 28.4. The van der Waals surface area contributed by atoms with Crippen LogP contribution in [-0.2, 0) is 4.84 Å². The smallest absolute Gasteiger partial charge is 0.0909 e. The third kappa shape index (κ3) is 4.18. The molecule has 3 nitrogen and oxygen atoms in total. The van der Waals surface area contributed by atoms with E-state index in [4.69, 9.17) is 9.83 Å². The van der Waals surface area contributed by atoms with Gasteiger partial charge in [-0.1, -0.05) is 49.1 Å². The first-order valence-electron chi connectivity index (χ1n) is 11.8. The maximum atomic E-state index is 6.56. The fraction of sp³-hybridized carbons (Fsp3) is 0.731. The predicted molar refractivity (Wildman–Crippen MR) is 121 cm³/mol. The number of hydroxylamine groups is 2. The fourth-order valence-corrected chi connectivity index (χ4v) is 6.26. The van der Waals surface area contributed by atoms with E-state index in [9.17, 15) is 0 Å². The van der Waals surface area contributed by atoms with Crippen LogP contribution in [0.5, 0.6) is 0 Å². The van der Waals surface area contributed by atoms with Crippen molar-refractivity contribution in [3.05, 3.63) is 35.4 Å². The van der Waals surface area contributed by atoms with Gasteiger partial charge in [0.25, 0.3) is 0 Å². The quantitative estimate of drug-likeness (QED) is 0.582. The molecule has 0 aromatic heterocycles. The standard InChI is InChI=1S/C26H40N2O/c1-20-10-12-21(13-11-20)23-26(16-7-6-8-17-26)18-22(27-23)19-29-28-24(2,3)14-9-15-25(28,4)5/h10-13,22H,6-9,14-19H2,1-5H3. The van der Waals surface area contributed by atoms with Crippen LogP contribution in [0, 0.1) is 12.3 Å². The van der Waals surface area contributed by atoms with E-state index in [1.807, 2.05) is 0 Å². The zero-order chi connectivity index (χ0) is 20.7. The molecule has 1 saturated carbocycles. The van der Waals surface area contributed by atoms with Crippen LogP contribution < -0.4 is 0 Å². The van der Waals surface area contributed by atoms with Crippen molar-refractivity contribution < 1.29 is 4.84 Å². The minimum Gasteiger partial charge on any atom is -0.296 e. The van der Waals surface area contributed by atoms with Crippen LogP contribution in [0.1, 0.15) is 96.6 Å². The zero-order valence-electron chi connectivity index (χ0n) is 19.3. The van der Waals surface area contributed by atoms with Gasteiger partial charge in [-0.2, -0.15) is 5.06 Å². The molecule has 0 radical (unpaired) electrons. The molecule has 1 aromatic carbocycles. The molecule has 1 aliphatic carbocycles. The molecule has 3 aliphatic rings. The van der Waals surface area contributed by atoms with Crippen LogP contribution in [0.25, 0.3) is 0 Å². The number of hydrogen-bond donors (Lipinski definition) is 0. The second-order valence-corrected chi connectivity index (χ2v) is 11.1. The molecule has 3 heteroatoms. The van der Waals surface area contributed by atoms with Crippen molar-refractivity contribution in [2.45, 2.75) is 110 Å². The average Bonchev–Trinajstić information content (AvgIpc) is 2.99. The Labute approximate surface area is 177 Å². The summed E-state index contributed by atoms with van der Waals surface area (Å²) in [6.45, 7) is 12.2. The van der Waals surface area contributed by atoms with Crippen molar-refractivity contribution in [2.24, 2.45) is 10.4 Å². The summed E-state index contributed by atoms with van der Waals surface area (Å²) in [5, 5.41) is 2.30. The Hall–Kier alpha value is -1.19. The average molecular weight is 397 g/mol. The first-order valence-corrected chi connectivity index (χ1v) is 11.8. The summed E-state index contributed by atoms with van der Waals surface area (Å²) >= 11 is 0. The van der Waals surface area contributed by atoms with Crippen molar-refractivity contribution in [3.63, 3.8) is 0 Å². The van der Waals surface area contributed by atoms with Crippen LogP contribution in [0.2, 0.25) is 0 Å². The Bertz CT molecular complexity index is 724. The molecule has 1 atom stereocenters. The van der Waals surface area contributed by atoms with Crippen LogP contribution in [0.3, 0.4) is 0 Å². The zero-order valence-corrected chi connectivity index (χ0v) is 19.3. The number of hydrogen-bond acceptors (Lipinski definition) is 3. The van der Waals surface area contributed by atoms with Gasteiger partial charge in [-0.05, 0) is 78.7 Å². The van der Waals surface area contributed by atoms with Crippen molar-refractivity contribution >= 4 is 5.71 Å². The van der Waals surface area contributed by atoms with Crippen molar-refractivity contribution in [1.29, 1.82) is 0 Å². The maximum absolute atomic E-state index is 6.56. The molecule has 160 valence electrons. The lowest BCUT2D eigenvalue weighted by molar-refractivity contribution is -0.282. The summed E-state index contributed by atoms with van der Waals surface area (Å²) in [7, 11) is 0. The van der Waals surface area contributed by atoms with Crippen LogP contribution in [0.15, 0.2) is 29.3 Å². The van der Waals surface area contributed by atoms with E-state index in [0.29, 0.717) is 6.61 Å². The Morgan fingerprint density at radius 2 is 1.52 bits per heavy atom. The fourth-order valence-electron chi connectivity index (χ4n) is 6.26. The van der Waals surface area contributed by atoms with Gasteiger partial charge in [-0.3, -0.25) is 9.83 Å². The number of benzene rings is 1. The van der Waals surface area contributed by atoms with E-state index in [1.165, 1.54) is 68.2 Å². The van der Waals surface area contributed by atoms with Gasteiger partial charge in [0.05, 0.1) is 12.6 Å². The summed E-state index contributed by atoms with van der Waals surface area (Å²) in [6, 6.07) is 9.31. The monoisotopic (exact) mass is 396 g/mol. The lowest BCUT2D eigenvalue weighted by Crippen LogP contribution is -2.58. The lowest BCUT2D eigenvalue weighted by Gasteiger charge is -2.51. The molecule has 1 spiro atoms. The van der Waals surface area contributed by atoms with Gasteiger partial charge < -0.3 is 0 Å². The van der Waals surface area contributed by atoms with Gasteiger partial charge in [0.2, 0.25) is 0 Å². The van der Waals surface area contributed by atoms with Gasteiger partial charge in [-0.15, -0.1) is 0 Å². The molecule has 1 unspecified atom stereocenters. The Morgan fingerprint density at radius 1 is 0.897 bits per heavy atom.